The lowest BCUT2D eigenvalue weighted by atomic mass is 10.1. The third-order valence-corrected chi connectivity index (χ3v) is 5.78. The van der Waals surface area contributed by atoms with Crippen LogP contribution in [0.4, 0.5) is 14.6 Å². The summed E-state index contributed by atoms with van der Waals surface area (Å²) < 4.78 is 29.1. The summed E-state index contributed by atoms with van der Waals surface area (Å²) in [7, 11) is 0. The quantitative estimate of drug-likeness (QED) is 0.532. The van der Waals surface area contributed by atoms with Crippen molar-refractivity contribution in [2.24, 2.45) is 0 Å². The Balaban J connectivity index is 1.61. The van der Waals surface area contributed by atoms with Crippen LogP contribution in [0.3, 0.4) is 0 Å². The first-order valence-corrected chi connectivity index (χ1v) is 9.62. The van der Waals surface area contributed by atoms with E-state index in [-0.39, 0.29) is 17.3 Å². The van der Waals surface area contributed by atoms with Crippen LogP contribution in [0, 0.1) is 11.6 Å². The first-order chi connectivity index (χ1) is 14.1. The molecular formula is C18H14F2N8S. The molecule has 0 unspecified atom stereocenters. The van der Waals surface area contributed by atoms with Crippen LogP contribution in [0.5, 0.6) is 0 Å². The minimum absolute atomic E-state index is 0.120. The molecule has 0 saturated heterocycles. The molecule has 0 fully saturated rings. The molecule has 3 N–H and O–H groups in total. The van der Waals surface area contributed by atoms with Crippen LogP contribution >= 0.6 is 11.3 Å². The molecule has 4 aromatic rings. The second kappa shape index (κ2) is 6.94. The van der Waals surface area contributed by atoms with Crippen molar-refractivity contribution in [3.8, 4) is 27.6 Å². The zero-order chi connectivity index (χ0) is 20.0. The predicted octanol–water partition coefficient (Wildman–Crippen LogP) is 2.35. The molecule has 0 aliphatic carbocycles. The van der Waals surface area contributed by atoms with Gasteiger partial charge >= 0.3 is 0 Å². The van der Waals surface area contributed by atoms with Gasteiger partial charge in [0, 0.05) is 36.1 Å². The number of thiazole rings is 1. The van der Waals surface area contributed by atoms with Gasteiger partial charge in [0.2, 0.25) is 0 Å². The molecule has 0 amide bonds. The third-order valence-electron chi connectivity index (χ3n) is 4.64. The van der Waals surface area contributed by atoms with E-state index in [4.69, 9.17) is 10.7 Å². The number of hydrogen-bond acceptors (Lipinski definition) is 8. The number of halogens is 2. The van der Waals surface area contributed by atoms with Crippen LogP contribution in [-0.4, -0.2) is 36.7 Å². The molecule has 146 valence electrons. The third kappa shape index (κ3) is 3.04. The van der Waals surface area contributed by atoms with Gasteiger partial charge in [-0.3, -0.25) is 0 Å². The van der Waals surface area contributed by atoms with Gasteiger partial charge in [-0.2, -0.15) is 4.68 Å². The summed E-state index contributed by atoms with van der Waals surface area (Å²) in [6.45, 7) is 1.69. The molecular weight excluding hydrogens is 398 g/mol. The second-order valence-corrected chi connectivity index (χ2v) is 7.54. The zero-order valence-corrected chi connectivity index (χ0v) is 15.7. The average Bonchev–Trinajstić information content (AvgIpc) is 3.37. The monoisotopic (exact) mass is 412 g/mol. The molecule has 0 bridgehead atoms. The Morgan fingerprint density at radius 2 is 2.14 bits per heavy atom. The van der Waals surface area contributed by atoms with E-state index in [0.29, 0.717) is 5.56 Å². The molecule has 0 saturated carbocycles. The van der Waals surface area contributed by atoms with E-state index >= 15 is 0 Å². The average molecular weight is 412 g/mol. The summed E-state index contributed by atoms with van der Waals surface area (Å²) in [5, 5.41) is 15.5. The first-order valence-electron chi connectivity index (χ1n) is 8.80. The maximum atomic E-state index is 14.3. The van der Waals surface area contributed by atoms with Gasteiger partial charge in [0.15, 0.2) is 17.5 Å². The molecule has 8 nitrogen and oxygen atoms in total. The van der Waals surface area contributed by atoms with Gasteiger partial charge in [-0.15, -0.1) is 16.4 Å². The fourth-order valence-corrected chi connectivity index (χ4v) is 4.25. The van der Waals surface area contributed by atoms with E-state index in [2.05, 4.69) is 25.8 Å². The van der Waals surface area contributed by atoms with E-state index in [9.17, 15) is 8.78 Å². The van der Waals surface area contributed by atoms with Crippen molar-refractivity contribution in [2.75, 3.05) is 12.3 Å². The van der Waals surface area contributed by atoms with E-state index in [1.165, 1.54) is 17.0 Å². The van der Waals surface area contributed by atoms with Crippen LogP contribution in [0.15, 0.2) is 30.5 Å². The van der Waals surface area contributed by atoms with Crippen molar-refractivity contribution in [2.45, 2.75) is 13.0 Å². The number of rotatable bonds is 3. The number of anilines is 1. The van der Waals surface area contributed by atoms with Gasteiger partial charge in [0.1, 0.15) is 16.5 Å². The Labute approximate surface area is 167 Å². The highest BCUT2D eigenvalue weighted by atomic mass is 32.1. The van der Waals surface area contributed by atoms with E-state index in [1.807, 2.05) is 0 Å². The van der Waals surface area contributed by atoms with Crippen molar-refractivity contribution in [3.05, 3.63) is 52.7 Å². The van der Waals surface area contributed by atoms with E-state index < -0.39 is 11.6 Å². The van der Waals surface area contributed by atoms with Crippen molar-refractivity contribution in [1.29, 1.82) is 0 Å². The SMILES string of the molecule is Nc1ncc(-c2nc3c(s2)CNCC3)cc1-c1nnnn1-c1cccc(F)c1F. The molecule has 0 spiro atoms. The van der Waals surface area contributed by atoms with Crippen LogP contribution in [0.1, 0.15) is 10.6 Å². The van der Waals surface area contributed by atoms with Crippen molar-refractivity contribution >= 4 is 17.2 Å². The minimum Gasteiger partial charge on any atom is -0.383 e. The van der Waals surface area contributed by atoms with Crippen LogP contribution in [-0.2, 0) is 13.0 Å². The lowest BCUT2D eigenvalue weighted by Gasteiger charge is -2.09. The standard InChI is InChI=1S/C18H14F2N8S/c19-11-2-1-3-13(15(11)20)28-17(25-26-27-28)10-6-9(7-23-16(10)21)18-24-12-4-5-22-8-14(12)29-18/h1-3,6-7,22H,4-5,8H2,(H2,21,23). The number of tetrazole rings is 1. The van der Waals surface area contributed by atoms with Crippen molar-refractivity contribution in [3.63, 3.8) is 0 Å². The van der Waals surface area contributed by atoms with Gasteiger partial charge in [-0.25, -0.2) is 18.7 Å². The number of aromatic nitrogens is 6. The molecule has 3 aromatic heterocycles. The predicted molar refractivity (Wildman–Crippen MR) is 103 cm³/mol. The van der Waals surface area contributed by atoms with Gasteiger partial charge in [-0.1, -0.05) is 6.07 Å². The highest BCUT2D eigenvalue weighted by molar-refractivity contribution is 7.15. The van der Waals surface area contributed by atoms with Crippen molar-refractivity contribution < 1.29 is 8.78 Å². The molecule has 1 aliphatic rings. The maximum Gasteiger partial charge on any atom is 0.190 e. The molecule has 29 heavy (non-hydrogen) atoms. The minimum atomic E-state index is -1.05. The Bertz CT molecular complexity index is 1200. The number of nitrogens with two attached hydrogens (primary N) is 1. The smallest absolute Gasteiger partial charge is 0.190 e. The zero-order valence-electron chi connectivity index (χ0n) is 14.9. The van der Waals surface area contributed by atoms with Crippen LogP contribution in [0.2, 0.25) is 0 Å². The van der Waals surface area contributed by atoms with Crippen LogP contribution in [0.25, 0.3) is 27.6 Å². The lowest BCUT2D eigenvalue weighted by Crippen LogP contribution is -2.22. The Hall–Kier alpha value is -3.31. The lowest BCUT2D eigenvalue weighted by molar-refractivity contribution is 0.501. The summed E-state index contributed by atoms with van der Waals surface area (Å²) in [4.78, 5) is 10.1. The number of fused-ring (bicyclic) bond motifs is 1. The number of benzene rings is 1. The van der Waals surface area contributed by atoms with Gasteiger partial charge in [-0.05, 0) is 28.6 Å². The molecule has 5 rings (SSSR count). The molecule has 1 aliphatic heterocycles. The van der Waals surface area contributed by atoms with E-state index in [0.717, 1.165) is 46.5 Å². The Morgan fingerprint density at radius 1 is 1.24 bits per heavy atom. The number of nitrogens with one attached hydrogen (secondary N) is 1. The maximum absolute atomic E-state index is 14.3. The summed E-state index contributed by atoms with van der Waals surface area (Å²) in [6.07, 6.45) is 2.51. The molecule has 1 aromatic carbocycles. The summed E-state index contributed by atoms with van der Waals surface area (Å²) >= 11 is 1.58. The van der Waals surface area contributed by atoms with E-state index in [1.54, 1.807) is 23.6 Å². The van der Waals surface area contributed by atoms with Gasteiger partial charge in [0.25, 0.3) is 0 Å². The topological polar surface area (TPSA) is 107 Å². The number of nitrogens with zero attached hydrogens (tertiary/aromatic N) is 6. The highest BCUT2D eigenvalue weighted by Crippen LogP contribution is 2.33. The summed E-state index contributed by atoms with van der Waals surface area (Å²) in [6, 6.07) is 5.55. The molecule has 4 heterocycles. The number of pyridine rings is 1. The molecule has 11 heteroatoms. The normalized spacial score (nSPS) is 13.4. The second-order valence-electron chi connectivity index (χ2n) is 6.46. The highest BCUT2D eigenvalue weighted by Gasteiger charge is 2.21. The molecule has 0 atom stereocenters. The molecule has 0 radical (unpaired) electrons. The summed E-state index contributed by atoms with van der Waals surface area (Å²) in [5.41, 5.74) is 8.17. The largest absolute Gasteiger partial charge is 0.383 e. The fourth-order valence-electron chi connectivity index (χ4n) is 3.19. The fraction of sp³-hybridized carbons (Fsp3) is 0.167. The summed E-state index contributed by atoms with van der Waals surface area (Å²) in [5.74, 6) is -1.72. The van der Waals surface area contributed by atoms with Crippen molar-refractivity contribution in [1.82, 2.24) is 35.5 Å². The van der Waals surface area contributed by atoms with Crippen LogP contribution < -0.4 is 11.1 Å². The Kier molecular flexibility index (Phi) is 4.25. The van der Waals surface area contributed by atoms with Gasteiger partial charge in [0.05, 0.1) is 11.3 Å². The Morgan fingerprint density at radius 3 is 3.00 bits per heavy atom. The number of hydrogen-bond donors (Lipinski definition) is 2. The number of nitrogen functional groups attached to an aromatic ring is 1. The van der Waals surface area contributed by atoms with Gasteiger partial charge < -0.3 is 11.1 Å². The first kappa shape index (κ1) is 17.8.